The summed E-state index contributed by atoms with van der Waals surface area (Å²) in [6.07, 6.45) is 0. The average Bonchev–Trinajstić information content (AvgIpc) is 2.39. The molecule has 2 amide bonds. The molecule has 0 aliphatic heterocycles. The van der Waals surface area contributed by atoms with Crippen LogP contribution in [0.1, 0.15) is 29.7 Å². The minimum Gasteiger partial charge on any atom is -0.331 e. The number of urea groups is 1. The van der Waals surface area contributed by atoms with E-state index in [4.69, 9.17) is 0 Å². The van der Waals surface area contributed by atoms with Gasteiger partial charge < -0.3 is 10.6 Å². The third-order valence-electron chi connectivity index (χ3n) is 3.20. The first-order valence-corrected chi connectivity index (χ1v) is 6.75. The molecule has 2 rings (SSSR count). The van der Waals surface area contributed by atoms with Crippen molar-refractivity contribution in [3.05, 3.63) is 65.2 Å². The quantitative estimate of drug-likeness (QED) is 0.861. The van der Waals surface area contributed by atoms with E-state index in [-0.39, 0.29) is 12.1 Å². The summed E-state index contributed by atoms with van der Waals surface area (Å²) in [5.41, 5.74) is 4.23. The second-order valence-corrected chi connectivity index (χ2v) is 5.10. The van der Waals surface area contributed by atoms with E-state index in [0.717, 1.165) is 16.8 Å². The molecule has 1 atom stereocenters. The van der Waals surface area contributed by atoms with E-state index in [9.17, 15) is 4.79 Å². The molecule has 2 N–H and O–H groups in total. The molecule has 104 valence electrons. The zero-order valence-corrected chi connectivity index (χ0v) is 12.1. The Bertz CT molecular complexity index is 590. The minimum atomic E-state index is -0.191. The molecular formula is C17H20N2O. The van der Waals surface area contributed by atoms with Gasteiger partial charge in [-0.15, -0.1) is 0 Å². The lowest BCUT2D eigenvalue weighted by molar-refractivity contribution is 0.249. The Morgan fingerprint density at radius 1 is 1.00 bits per heavy atom. The highest BCUT2D eigenvalue weighted by molar-refractivity contribution is 5.89. The molecule has 0 spiro atoms. The summed E-state index contributed by atoms with van der Waals surface area (Å²) in [5, 5.41) is 5.78. The molecule has 0 aliphatic rings. The van der Waals surface area contributed by atoms with Crippen molar-refractivity contribution in [3.8, 4) is 0 Å². The van der Waals surface area contributed by atoms with Gasteiger partial charge in [0.25, 0.3) is 0 Å². The molecule has 0 bridgehead atoms. The largest absolute Gasteiger partial charge is 0.331 e. The molecule has 0 saturated carbocycles. The monoisotopic (exact) mass is 268 g/mol. The minimum absolute atomic E-state index is 0.0274. The van der Waals surface area contributed by atoms with Crippen LogP contribution < -0.4 is 10.6 Å². The summed E-state index contributed by atoms with van der Waals surface area (Å²) in [6.45, 7) is 6.02. The number of aryl methyl sites for hydroxylation is 2. The van der Waals surface area contributed by atoms with E-state index in [2.05, 4.69) is 10.6 Å². The molecule has 0 unspecified atom stereocenters. The number of carbonyl (C=O) groups is 1. The first kappa shape index (κ1) is 14.1. The van der Waals surface area contributed by atoms with Crippen molar-refractivity contribution >= 4 is 11.7 Å². The zero-order chi connectivity index (χ0) is 14.5. The van der Waals surface area contributed by atoms with Gasteiger partial charge in [-0.2, -0.15) is 0 Å². The molecule has 0 saturated heterocycles. The van der Waals surface area contributed by atoms with E-state index in [1.54, 1.807) is 0 Å². The maximum Gasteiger partial charge on any atom is 0.319 e. The van der Waals surface area contributed by atoms with Crippen molar-refractivity contribution in [1.29, 1.82) is 0 Å². The van der Waals surface area contributed by atoms with Crippen molar-refractivity contribution in [2.45, 2.75) is 26.8 Å². The molecule has 0 aliphatic carbocycles. The van der Waals surface area contributed by atoms with Gasteiger partial charge in [0.2, 0.25) is 0 Å². The van der Waals surface area contributed by atoms with E-state index < -0.39 is 0 Å². The third-order valence-corrected chi connectivity index (χ3v) is 3.20. The number of carbonyl (C=O) groups excluding carboxylic acids is 1. The smallest absolute Gasteiger partial charge is 0.319 e. The summed E-state index contributed by atoms with van der Waals surface area (Å²) in [5.74, 6) is 0. The lowest BCUT2D eigenvalue weighted by Gasteiger charge is -2.15. The Labute approximate surface area is 120 Å². The van der Waals surface area contributed by atoms with Crippen LogP contribution in [-0.4, -0.2) is 6.03 Å². The summed E-state index contributed by atoms with van der Waals surface area (Å²) in [6, 6.07) is 15.7. The summed E-state index contributed by atoms with van der Waals surface area (Å²) >= 11 is 0. The first-order chi connectivity index (χ1) is 9.54. The summed E-state index contributed by atoms with van der Waals surface area (Å²) < 4.78 is 0. The molecule has 3 nitrogen and oxygen atoms in total. The van der Waals surface area contributed by atoms with Crippen LogP contribution in [0, 0.1) is 13.8 Å². The number of anilines is 1. The molecule has 0 aromatic heterocycles. The lowest BCUT2D eigenvalue weighted by Crippen LogP contribution is -2.31. The molecule has 3 heteroatoms. The van der Waals surface area contributed by atoms with Gasteiger partial charge >= 0.3 is 6.03 Å². The summed E-state index contributed by atoms with van der Waals surface area (Å²) in [4.78, 5) is 12.0. The van der Waals surface area contributed by atoms with Gasteiger partial charge in [0.15, 0.2) is 0 Å². The zero-order valence-electron chi connectivity index (χ0n) is 12.1. The maximum atomic E-state index is 12.0. The van der Waals surface area contributed by atoms with Crippen LogP contribution in [0.5, 0.6) is 0 Å². The molecule has 2 aromatic carbocycles. The number of benzene rings is 2. The average molecular weight is 268 g/mol. The van der Waals surface area contributed by atoms with Gasteiger partial charge in [0.1, 0.15) is 0 Å². The van der Waals surface area contributed by atoms with Crippen LogP contribution in [0.3, 0.4) is 0 Å². The number of amides is 2. The number of rotatable bonds is 3. The van der Waals surface area contributed by atoms with Crippen molar-refractivity contribution in [1.82, 2.24) is 5.32 Å². The molecule has 20 heavy (non-hydrogen) atoms. The second-order valence-electron chi connectivity index (χ2n) is 5.10. The molecule has 0 heterocycles. The second kappa shape index (κ2) is 6.24. The predicted molar refractivity (Wildman–Crippen MR) is 82.9 cm³/mol. The highest BCUT2D eigenvalue weighted by atomic mass is 16.2. The Hall–Kier alpha value is -2.29. The third kappa shape index (κ3) is 3.85. The number of nitrogens with one attached hydrogen (secondary N) is 2. The number of hydrogen-bond donors (Lipinski definition) is 2. The van der Waals surface area contributed by atoms with Crippen LogP contribution in [0.15, 0.2) is 48.5 Å². The Morgan fingerprint density at radius 2 is 1.70 bits per heavy atom. The van der Waals surface area contributed by atoms with E-state index >= 15 is 0 Å². The molecule has 2 aromatic rings. The fourth-order valence-corrected chi connectivity index (χ4v) is 2.03. The van der Waals surface area contributed by atoms with Gasteiger partial charge in [-0.05, 0) is 44.0 Å². The normalized spacial score (nSPS) is 11.8. The van der Waals surface area contributed by atoms with Gasteiger partial charge in [0.05, 0.1) is 6.04 Å². The summed E-state index contributed by atoms with van der Waals surface area (Å²) in [7, 11) is 0. The van der Waals surface area contributed by atoms with Crippen molar-refractivity contribution in [2.24, 2.45) is 0 Å². The Morgan fingerprint density at radius 3 is 2.35 bits per heavy atom. The highest BCUT2D eigenvalue weighted by Gasteiger charge is 2.09. The van der Waals surface area contributed by atoms with Gasteiger partial charge in [-0.1, -0.05) is 42.0 Å². The van der Waals surface area contributed by atoms with Gasteiger partial charge in [-0.3, -0.25) is 0 Å². The topological polar surface area (TPSA) is 41.1 Å². The molecule has 0 radical (unpaired) electrons. The molecule has 0 fully saturated rings. The van der Waals surface area contributed by atoms with Crippen LogP contribution >= 0.6 is 0 Å². The van der Waals surface area contributed by atoms with E-state index in [0.29, 0.717) is 0 Å². The SMILES string of the molecule is Cc1ccc([C@@H](C)NC(=O)Nc2cccc(C)c2)cc1. The Balaban J connectivity index is 1.95. The predicted octanol–water partition coefficient (Wildman–Crippen LogP) is 4.19. The van der Waals surface area contributed by atoms with Crippen LogP contribution in [0.25, 0.3) is 0 Å². The van der Waals surface area contributed by atoms with Crippen molar-refractivity contribution in [2.75, 3.05) is 5.32 Å². The van der Waals surface area contributed by atoms with Gasteiger partial charge in [0, 0.05) is 5.69 Å². The highest BCUT2D eigenvalue weighted by Crippen LogP contribution is 2.14. The van der Waals surface area contributed by atoms with E-state index in [1.807, 2.05) is 69.3 Å². The molecular weight excluding hydrogens is 248 g/mol. The van der Waals surface area contributed by atoms with Crippen LogP contribution in [0.2, 0.25) is 0 Å². The first-order valence-electron chi connectivity index (χ1n) is 6.75. The lowest BCUT2D eigenvalue weighted by atomic mass is 10.1. The fourth-order valence-electron chi connectivity index (χ4n) is 2.03. The van der Waals surface area contributed by atoms with Gasteiger partial charge in [-0.25, -0.2) is 4.79 Å². The standard InChI is InChI=1S/C17H20N2O/c1-12-7-9-15(10-8-12)14(3)18-17(20)19-16-6-4-5-13(2)11-16/h4-11,14H,1-3H3,(H2,18,19,20)/t14-/m1/s1. The number of hydrogen-bond acceptors (Lipinski definition) is 1. The Kier molecular flexibility index (Phi) is 4.41. The van der Waals surface area contributed by atoms with Crippen molar-refractivity contribution < 1.29 is 4.79 Å². The van der Waals surface area contributed by atoms with Crippen LogP contribution in [-0.2, 0) is 0 Å². The van der Waals surface area contributed by atoms with Crippen LogP contribution in [0.4, 0.5) is 10.5 Å². The van der Waals surface area contributed by atoms with E-state index in [1.165, 1.54) is 5.56 Å². The maximum absolute atomic E-state index is 12.0. The fraction of sp³-hybridized carbons (Fsp3) is 0.235. The van der Waals surface area contributed by atoms with Crippen molar-refractivity contribution in [3.63, 3.8) is 0 Å².